The Balaban J connectivity index is 1.68. The lowest BCUT2D eigenvalue weighted by Gasteiger charge is -2.31. The monoisotopic (exact) mass is 320 g/mol. The second-order valence-corrected chi connectivity index (χ2v) is 7.38. The van der Waals surface area contributed by atoms with E-state index in [2.05, 4.69) is 32.6 Å². The Morgan fingerprint density at radius 2 is 2.09 bits per heavy atom. The molecule has 1 N–H and O–H groups in total. The molecule has 4 heterocycles. The summed E-state index contributed by atoms with van der Waals surface area (Å²) < 4.78 is 2.30. The van der Waals surface area contributed by atoms with E-state index in [0.717, 1.165) is 32.0 Å². The van der Waals surface area contributed by atoms with Gasteiger partial charge in [0, 0.05) is 30.2 Å². The summed E-state index contributed by atoms with van der Waals surface area (Å²) in [5, 5.41) is 16.4. The zero-order valence-corrected chi connectivity index (χ0v) is 13.9. The third-order valence-corrected chi connectivity index (χ3v) is 5.61. The van der Waals surface area contributed by atoms with Crippen LogP contribution in [0.2, 0.25) is 0 Å². The average molecular weight is 320 g/mol. The topological polar surface area (TPSA) is 46.7 Å². The van der Waals surface area contributed by atoms with E-state index in [-0.39, 0.29) is 6.04 Å². The second-order valence-electron chi connectivity index (χ2n) is 6.16. The molecule has 6 nitrogen and oxygen atoms in total. The van der Waals surface area contributed by atoms with E-state index in [1.165, 1.54) is 27.8 Å². The minimum absolute atomic E-state index is 0.0322. The van der Waals surface area contributed by atoms with Gasteiger partial charge in [0.2, 0.25) is 18.2 Å². The van der Waals surface area contributed by atoms with Gasteiger partial charge in [0.05, 0.1) is 12.2 Å². The lowest BCUT2D eigenvalue weighted by molar-refractivity contribution is -0.709. The van der Waals surface area contributed by atoms with Gasteiger partial charge >= 0.3 is 0 Å². The van der Waals surface area contributed by atoms with Crippen LogP contribution in [0.15, 0.2) is 12.3 Å². The van der Waals surface area contributed by atoms with E-state index < -0.39 is 0 Å². The molecule has 3 aliphatic heterocycles. The molecule has 0 bridgehead atoms. The van der Waals surface area contributed by atoms with Gasteiger partial charge in [-0.05, 0) is 13.8 Å². The molecule has 0 aromatic carbocycles. The van der Waals surface area contributed by atoms with Gasteiger partial charge in [0.25, 0.3) is 5.69 Å². The van der Waals surface area contributed by atoms with E-state index in [1.807, 2.05) is 24.9 Å². The summed E-state index contributed by atoms with van der Waals surface area (Å²) in [6.07, 6.45) is 4.00. The third kappa shape index (κ3) is 2.23. The largest absolute Gasteiger partial charge is 0.286 e. The molecular weight excluding hydrogens is 298 g/mol. The highest BCUT2D eigenvalue weighted by Gasteiger charge is 2.39. The van der Waals surface area contributed by atoms with Crippen molar-refractivity contribution in [3.63, 3.8) is 0 Å². The molecule has 0 aliphatic carbocycles. The Labute approximate surface area is 135 Å². The minimum atomic E-state index is -0.0322. The highest BCUT2D eigenvalue weighted by Crippen LogP contribution is 2.30. The summed E-state index contributed by atoms with van der Waals surface area (Å²) >= 11 is 2.03. The summed E-state index contributed by atoms with van der Waals surface area (Å²) in [5.41, 5.74) is 3.46. The van der Waals surface area contributed by atoms with Gasteiger partial charge in [0.15, 0.2) is 0 Å². The molecule has 1 saturated heterocycles. The molecule has 0 amide bonds. The van der Waals surface area contributed by atoms with E-state index in [1.54, 1.807) is 0 Å². The van der Waals surface area contributed by atoms with Crippen molar-refractivity contribution in [3.8, 4) is 0 Å². The van der Waals surface area contributed by atoms with Crippen LogP contribution < -0.4 is 9.63 Å². The predicted molar refractivity (Wildman–Crippen MR) is 86.3 cm³/mol. The number of hydrazine groups is 1. The zero-order valence-electron chi connectivity index (χ0n) is 13.1. The van der Waals surface area contributed by atoms with Crippen molar-refractivity contribution in [2.24, 2.45) is 0 Å². The second kappa shape index (κ2) is 5.49. The molecule has 1 fully saturated rings. The number of hydroxylamine groups is 1. The number of anilines is 1. The Morgan fingerprint density at radius 3 is 2.86 bits per heavy atom. The lowest BCUT2D eigenvalue weighted by Crippen LogP contribution is -2.50. The number of aromatic nitrogens is 2. The smallest absolute Gasteiger partial charge is 0.254 e. The maximum atomic E-state index is 10.3. The molecule has 7 heteroatoms. The van der Waals surface area contributed by atoms with Crippen molar-refractivity contribution in [1.29, 1.82) is 0 Å². The first-order chi connectivity index (χ1) is 10.6. The van der Waals surface area contributed by atoms with Crippen molar-refractivity contribution < 1.29 is 9.77 Å². The van der Waals surface area contributed by atoms with Gasteiger partial charge < -0.3 is 0 Å². The molecular formula is C15H22N5OS+. The molecule has 1 aromatic heterocycles. The summed E-state index contributed by atoms with van der Waals surface area (Å²) in [4.78, 5) is 4.52. The van der Waals surface area contributed by atoms with E-state index in [9.17, 15) is 5.21 Å². The van der Waals surface area contributed by atoms with Crippen LogP contribution in [0.25, 0.3) is 5.57 Å². The van der Waals surface area contributed by atoms with Crippen molar-refractivity contribution in [1.82, 2.24) is 15.0 Å². The van der Waals surface area contributed by atoms with Crippen molar-refractivity contribution >= 4 is 23.2 Å². The maximum absolute atomic E-state index is 10.3. The maximum Gasteiger partial charge on any atom is 0.254 e. The summed E-state index contributed by atoms with van der Waals surface area (Å²) in [5.74, 6) is 3.08. The van der Waals surface area contributed by atoms with Gasteiger partial charge in [-0.1, -0.05) is 6.08 Å². The average Bonchev–Trinajstić information content (AvgIpc) is 2.97. The summed E-state index contributed by atoms with van der Waals surface area (Å²) in [6, 6.07) is -0.0322. The first kappa shape index (κ1) is 14.4. The van der Waals surface area contributed by atoms with Crippen molar-refractivity contribution in [2.75, 3.05) is 29.7 Å². The molecule has 118 valence electrons. The molecule has 1 unspecified atom stereocenters. The van der Waals surface area contributed by atoms with E-state index in [4.69, 9.17) is 0 Å². The quantitative estimate of drug-likeness (QED) is 0.782. The Morgan fingerprint density at radius 1 is 1.32 bits per heavy atom. The van der Waals surface area contributed by atoms with Crippen LogP contribution in [0.5, 0.6) is 0 Å². The van der Waals surface area contributed by atoms with Gasteiger partial charge in [-0.2, -0.15) is 21.3 Å². The Hall–Kier alpha value is -1.15. The molecule has 0 radical (unpaired) electrons. The van der Waals surface area contributed by atoms with Crippen LogP contribution in [0.1, 0.15) is 25.2 Å². The van der Waals surface area contributed by atoms with Gasteiger partial charge in [-0.3, -0.25) is 5.21 Å². The van der Waals surface area contributed by atoms with Crippen LogP contribution in [-0.4, -0.2) is 50.8 Å². The standard InChI is InChI=1S/C15H22N5OS/c1-11-7-12(2)20(21)15-14(11)19-10-18(9-13(19)8-16-15)17-3-5-22-6-4-17/h7-8,12,21H,3-6,9-10H2,1-2H3/q+1. The molecule has 3 aliphatic rings. The van der Waals surface area contributed by atoms with Crippen molar-refractivity contribution in [2.45, 2.75) is 33.1 Å². The zero-order chi connectivity index (χ0) is 15.3. The third-order valence-electron chi connectivity index (χ3n) is 4.67. The number of hydrogen-bond donors (Lipinski definition) is 1. The number of thioether (sulfide) groups is 1. The number of fused-ring (bicyclic) bond motifs is 3. The van der Waals surface area contributed by atoms with Crippen LogP contribution in [-0.2, 0) is 13.2 Å². The van der Waals surface area contributed by atoms with Gasteiger partial charge in [-0.15, -0.1) is 0 Å². The Kier molecular flexibility index (Phi) is 3.60. The van der Waals surface area contributed by atoms with Crippen LogP contribution in [0.4, 0.5) is 5.82 Å². The normalized spacial score (nSPS) is 25.9. The molecule has 4 rings (SSSR count). The predicted octanol–water partition coefficient (Wildman–Crippen LogP) is 1.11. The van der Waals surface area contributed by atoms with E-state index in [0.29, 0.717) is 5.82 Å². The first-order valence-electron chi connectivity index (χ1n) is 7.81. The summed E-state index contributed by atoms with van der Waals surface area (Å²) in [6.45, 7) is 8.07. The van der Waals surface area contributed by atoms with Crippen LogP contribution in [0.3, 0.4) is 0 Å². The molecule has 1 aromatic rings. The van der Waals surface area contributed by atoms with Gasteiger partial charge in [0.1, 0.15) is 6.54 Å². The Bertz CT molecular complexity index is 629. The fourth-order valence-electron chi connectivity index (χ4n) is 3.51. The van der Waals surface area contributed by atoms with Gasteiger partial charge in [-0.25, -0.2) is 15.1 Å². The van der Waals surface area contributed by atoms with E-state index >= 15 is 0 Å². The number of hydrogen-bond acceptors (Lipinski definition) is 6. The van der Waals surface area contributed by atoms with Crippen LogP contribution >= 0.6 is 11.8 Å². The molecule has 0 spiro atoms. The summed E-state index contributed by atoms with van der Waals surface area (Å²) in [7, 11) is 0. The number of rotatable bonds is 1. The fraction of sp³-hybridized carbons (Fsp3) is 0.600. The molecule has 0 saturated carbocycles. The van der Waals surface area contributed by atoms with Crippen molar-refractivity contribution in [3.05, 3.63) is 23.7 Å². The molecule has 22 heavy (non-hydrogen) atoms. The lowest BCUT2D eigenvalue weighted by atomic mass is 10.1. The first-order valence-corrected chi connectivity index (χ1v) is 8.97. The highest BCUT2D eigenvalue weighted by atomic mass is 32.2. The minimum Gasteiger partial charge on any atom is -0.286 e. The number of allylic oxidation sites excluding steroid dienone is 1. The van der Waals surface area contributed by atoms with Crippen LogP contribution in [0, 0.1) is 0 Å². The SMILES string of the molecule is CC1=CC(C)N(O)c2ncc3[n+](c21)CN(N1CCSCC1)C3. The highest BCUT2D eigenvalue weighted by molar-refractivity contribution is 7.99. The number of nitrogens with zero attached hydrogens (tertiary/aromatic N) is 5. The molecule has 1 atom stereocenters. The fourth-order valence-corrected chi connectivity index (χ4v) is 4.39.